The molecule has 0 saturated heterocycles. The van der Waals surface area contributed by atoms with E-state index in [9.17, 15) is 19.7 Å². The molecule has 66 heavy (non-hydrogen) atoms. The van der Waals surface area contributed by atoms with E-state index >= 15 is 0 Å². The fourth-order valence-electron chi connectivity index (χ4n) is 6.15. The number of halogens is 1. The summed E-state index contributed by atoms with van der Waals surface area (Å²) in [6.07, 6.45) is 1.49. The summed E-state index contributed by atoms with van der Waals surface area (Å²) in [5.74, 6) is 0.663. The number of likely N-dealkylation sites (N-methyl/N-ethyl adjacent to an activating group) is 1. The Morgan fingerprint density at radius 1 is 0.712 bits per heavy atom. The Hall–Kier alpha value is -5.65. The molecular formula is C49H63ClN4O12. The van der Waals surface area contributed by atoms with Crippen molar-refractivity contribution < 1.29 is 52.4 Å². The molecule has 0 heterocycles. The van der Waals surface area contributed by atoms with E-state index in [1.807, 2.05) is 100 Å². The van der Waals surface area contributed by atoms with E-state index in [4.69, 9.17) is 49.5 Å². The van der Waals surface area contributed by atoms with E-state index in [1.165, 1.54) is 18.2 Å². The first-order valence-corrected chi connectivity index (χ1v) is 22.5. The molecule has 0 bridgehead atoms. The van der Waals surface area contributed by atoms with Gasteiger partial charge < -0.3 is 42.8 Å². The van der Waals surface area contributed by atoms with Gasteiger partial charge in [-0.25, -0.2) is 0 Å². The molecule has 4 rings (SSSR count). The number of carbonyl (C=O) groups excluding carboxylic acids is 2. The molecule has 0 fully saturated rings. The maximum atomic E-state index is 12.6. The Labute approximate surface area is 392 Å². The zero-order chi connectivity index (χ0) is 47.6. The molecule has 1 atom stereocenters. The number of nitro benzene ring substituents is 1. The summed E-state index contributed by atoms with van der Waals surface area (Å²) in [4.78, 5) is 37.1. The Morgan fingerprint density at radius 3 is 1.80 bits per heavy atom. The number of nitrogens with zero attached hydrogens (tertiary/aromatic N) is 4. The largest absolute Gasteiger partial charge is 0.492 e. The third-order valence-electron chi connectivity index (χ3n) is 9.55. The van der Waals surface area contributed by atoms with E-state index in [0.29, 0.717) is 96.6 Å². The molecule has 0 N–H and O–H groups in total. The van der Waals surface area contributed by atoms with Gasteiger partial charge in [-0.1, -0.05) is 42.8 Å². The number of ether oxygens (including phenoxy) is 8. The highest BCUT2D eigenvalue weighted by atomic mass is 35.5. The lowest BCUT2D eigenvalue weighted by Crippen LogP contribution is -2.27. The van der Waals surface area contributed by atoms with Gasteiger partial charge in [0.05, 0.1) is 81.0 Å². The number of carbonyl (C=O) groups is 2. The van der Waals surface area contributed by atoms with Gasteiger partial charge in [0, 0.05) is 30.8 Å². The average molecular weight is 936 g/mol. The molecule has 358 valence electrons. The van der Waals surface area contributed by atoms with Crippen LogP contribution in [0.2, 0.25) is 5.02 Å². The second-order valence-corrected chi connectivity index (χ2v) is 16.4. The van der Waals surface area contributed by atoms with Gasteiger partial charge in [0.25, 0.3) is 5.69 Å². The van der Waals surface area contributed by atoms with Crippen molar-refractivity contribution in [3.8, 4) is 11.5 Å². The first-order chi connectivity index (χ1) is 31.8. The SMILES string of the molecule is CCN(CCOc1ccc(CC(C)C(=O)OCCOCCOCCOCCOCCOc2ccc(CCC(=O)OC(C)(C)C)cc2)cc1)c1ccc(N=Nc2ccc([N+](=O)[O-])cc2Cl)cc1. The first kappa shape index (κ1) is 53.0. The van der Waals surface area contributed by atoms with Crippen molar-refractivity contribution in [3.63, 3.8) is 0 Å². The third-order valence-corrected chi connectivity index (χ3v) is 9.86. The average Bonchev–Trinajstić information content (AvgIpc) is 3.29. The van der Waals surface area contributed by atoms with E-state index in [-0.39, 0.29) is 41.8 Å². The van der Waals surface area contributed by atoms with Gasteiger partial charge in [-0.2, -0.15) is 5.11 Å². The first-order valence-electron chi connectivity index (χ1n) is 22.1. The summed E-state index contributed by atoms with van der Waals surface area (Å²) in [7, 11) is 0. The van der Waals surface area contributed by atoms with E-state index < -0.39 is 10.5 Å². The smallest absolute Gasteiger partial charge is 0.309 e. The predicted octanol–water partition coefficient (Wildman–Crippen LogP) is 9.71. The highest BCUT2D eigenvalue weighted by molar-refractivity contribution is 6.33. The lowest BCUT2D eigenvalue weighted by atomic mass is 10.0. The van der Waals surface area contributed by atoms with Crippen LogP contribution in [-0.2, 0) is 50.9 Å². The van der Waals surface area contributed by atoms with Crippen molar-refractivity contribution >= 4 is 46.3 Å². The zero-order valence-electron chi connectivity index (χ0n) is 38.6. The van der Waals surface area contributed by atoms with Crippen LogP contribution >= 0.6 is 11.6 Å². The molecule has 17 heteroatoms. The summed E-state index contributed by atoms with van der Waals surface area (Å²) in [5.41, 5.74) is 3.41. The van der Waals surface area contributed by atoms with Gasteiger partial charge in [0.2, 0.25) is 0 Å². The van der Waals surface area contributed by atoms with Crippen molar-refractivity contribution in [3.05, 3.63) is 117 Å². The van der Waals surface area contributed by atoms with Crippen LogP contribution in [0.3, 0.4) is 0 Å². The van der Waals surface area contributed by atoms with Crippen molar-refractivity contribution in [2.75, 3.05) is 90.7 Å². The highest BCUT2D eigenvalue weighted by Crippen LogP contribution is 2.31. The van der Waals surface area contributed by atoms with Crippen LogP contribution in [0.4, 0.5) is 22.7 Å². The Balaban J connectivity index is 0.956. The molecule has 0 aliphatic rings. The minimum absolute atomic E-state index is 0.110. The minimum atomic E-state index is -0.516. The molecule has 0 spiro atoms. The molecular weight excluding hydrogens is 872 g/mol. The number of hydrogen-bond donors (Lipinski definition) is 0. The number of nitro groups is 1. The molecule has 1 unspecified atom stereocenters. The summed E-state index contributed by atoms with van der Waals surface area (Å²) in [6.45, 7) is 15.2. The molecule has 0 radical (unpaired) electrons. The molecule has 0 aromatic heterocycles. The van der Waals surface area contributed by atoms with Crippen LogP contribution in [0.25, 0.3) is 0 Å². The lowest BCUT2D eigenvalue weighted by Gasteiger charge is -2.23. The summed E-state index contributed by atoms with van der Waals surface area (Å²) < 4.78 is 44.7. The summed E-state index contributed by atoms with van der Waals surface area (Å²) in [5, 5.41) is 19.4. The molecule has 16 nitrogen and oxygen atoms in total. The number of azo groups is 1. The zero-order valence-corrected chi connectivity index (χ0v) is 39.4. The fourth-order valence-corrected chi connectivity index (χ4v) is 6.36. The van der Waals surface area contributed by atoms with Crippen LogP contribution in [0.5, 0.6) is 11.5 Å². The topological polar surface area (TPSA) is 179 Å². The standard InChI is InChI=1S/C49H63ClN4O12/c1-6-53(41-14-12-40(13-15-41)51-52-46-21-16-42(54(57)58)36-45(46)50)23-24-63-43-19-9-39(10-20-43)35-37(2)48(56)65-34-32-62-30-28-60-26-25-59-27-29-61-31-33-64-44-17-7-38(8-18-44)11-22-47(55)66-49(3,4)5/h7-10,12-21,36-37H,6,11,22-35H2,1-5H3. The molecule has 4 aromatic carbocycles. The maximum absolute atomic E-state index is 12.6. The number of benzene rings is 4. The van der Waals surface area contributed by atoms with Crippen LogP contribution in [0, 0.1) is 16.0 Å². The fraction of sp³-hybridized carbons (Fsp3) is 0.469. The van der Waals surface area contributed by atoms with Crippen LogP contribution in [0.15, 0.2) is 101 Å². The third kappa shape index (κ3) is 21.1. The summed E-state index contributed by atoms with van der Waals surface area (Å²) in [6, 6.07) is 27.0. The van der Waals surface area contributed by atoms with Gasteiger partial charge in [-0.15, -0.1) is 5.11 Å². The van der Waals surface area contributed by atoms with Gasteiger partial charge in [-0.3, -0.25) is 19.7 Å². The molecule has 0 aliphatic carbocycles. The number of rotatable bonds is 31. The number of esters is 2. The second-order valence-electron chi connectivity index (χ2n) is 16.0. The number of non-ortho nitro benzene ring substituents is 1. The van der Waals surface area contributed by atoms with Gasteiger partial charge >= 0.3 is 11.9 Å². The Kier molecular flexibility index (Phi) is 23.3. The second kappa shape index (κ2) is 29.1. The Bertz CT molecular complexity index is 2080. The minimum Gasteiger partial charge on any atom is -0.492 e. The van der Waals surface area contributed by atoms with Crippen molar-refractivity contribution in [2.45, 2.75) is 59.5 Å². The van der Waals surface area contributed by atoms with Crippen molar-refractivity contribution in [1.29, 1.82) is 0 Å². The van der Waals surface area contributed by atoms with Crippen molar-refractivity contribution in [1.82, 2.24) is 0 Å². The van der Waals surface area contributed by atoms with Gasteiger partial charge in [0.1, 0.15) is 42.6 Å². The summed E-state index contributed by atoms with van der Waals surface area (Å²) >= 11 is 6.12. The van der Waals surface area contributed by atoms with Gasteiger partial charge in [0.15, 0.2) is 0 Å². The number of anilines is 1. The van der Waals surface area contributed by atoms with Crippen LogP contribution in [-0.4, -0.2) is 108 Å². The predicted molar refractivity (Wildman–Crippen MR) is 252 cm³/mol. The van der Waals surface area contributed by atoms with Crippen LogP contribution in [0.1, 0.15) is 52.2 Å². The van der Waals surface area contributed by atoms with E-state index in [0.717, 1.165) is 34.9 Å². The molecule has 0 aliphatic heterocycles. The highest BCUT2D eigenvalue weighted by Gasteiger charge is 2.17. The lowest BCUT2D eigenvalue weighted by molar-refractivity contribution is -0.384. The van der Waals surface area contributed by atoms with Crippen molar-refractivity contribution in [2.24, 2.45) is 16.1 Å². The van der Waals surface area contributed by atoms with Gasteiger partial charge in [-0.05, 0) is 106 Å². The van der Waals surface area contributed by atoms with E-state index in [1.54, 1.807) is 0 Å². The van der Waals surface area contributed by atoms with E-state index in [2.05, 4.69) is 22.1 Å². The van der Waals surface area contributed by atoms with Crippen LogP contribution < -0.4 is 14.4 Å². The quantitative estimate of drug-likeness (QED) is 0.0153. The Morgan fingerprint density at radius 2 is 1.26 bits per heavy atom. The number of hydrogen-bond acceptors (Lipinski definition) is 15. The molecule has 4 aromatic rings. The molecule has 0 amide bonds. The number of aryl methyl sites for hydroxylation is 1. The monoisotopic (exact) mass is 934 g/mol. The molecule has 0 saturated carbocycles. The maximum Gasteiger partial charge on any atom is 0.309 e. The normalized spacial score (nSPS) is 11.9.